The zero-order valence-corrected chi connectivity index (χ0v) is 15.1. The minimum Gasteiger partial charge on any atom is -0.382 e. The number of carbonyl (C=O) groups is 2. The largest absolute Gasteiger partial charge is 0.382 e. The van der Waals surface area contributed by atoms with Crippen molar-refractivity contribution in [3.63, 3.8) is 0 Å². The van der Waals surface area contributed by atoms with Gasteiger partial charge in [-0.1, -0.05) is 18.2 Å². The number of amides is 2. The number of halogens is 1. The molecule has 0 aliphatic heterocycles. The van der Waals surface area contributed by atoms with Crippen molar-refractivity contribution in [3.8, 4) is 0 Å². The lowest BCUT2D eigenvalue weighted by Crippen LogP contribution is -2.35. The van der Waals surface area contributed by atoms with Crippen LogP contribution in [0.25, 0.3) is 0 Å². The SMILES string of the molecule is O=C(NCc1ccc(C(O)c2cccs2)s1)C(=O)Nc1ccccc1F. The van der Waals surface area contributed by atoms with Gasteiger partial charge in [-0.2, -0.15) is 0 Å². The Morgan fingerprint density at radius 3 is 2.58 bits per heavy atom. The highest BCUT2D eigenvalue weighted by Crippen LogP contribution is 2.30. The van der Waals surface area contributed by atoms with E-state index in [2.05, 4.69) is 10.6 Å². The molecule has 134 valence electrons. The lowest BCUT2D eigenvalue weighted by Gasteiger charge is -2.07. The fraction of sp³-hybridized carbons (Fsp3) is 0.111. The molecule has 0 spiro atoms. The first-order valence-corrected chi connectivity index (χ1v) is 9.38. The monoisotopic (exact) mass is 390 g/mol. The molecule has 1 atom stereocenters. The Labute approximate surface area is 157 Å². The fourth-order valence-corrected chi connectivity index (χ4v) is 3.97. The topological polar surface area (TPSA) is 78.4 Å². The first kappa shape index (κ1) is 18.2. The zero-order chi connectivity index (χ0) is 18.5. The average molecular weight is 390 g/mol. The number of rotatable bonds is 5. The molecule has 3 aromatic rings. The summed E-state index contributed by atoms with van der Waals surface area (Å²) in [4.78, 5) is 26.1. The van der Waals surface area contributed by atoms with Crippen LogP contribution in [-0.4, -0.2) is 16.9 Å². The average Bonchev–Trinajstić information content (AvgIpc) is 3.33. The minimum absolute atomic E-state index is 0.0508. The summed E-state index contributed by atoms with van der Waals surface area (Å²) in [6.07, 6.45) is -0.700. The van der Waals surface area contributed by atoms with Crippen LogP contribution >= 0.6 is 22.7 Å². The van der Waals surface area contributed by atoms with E-state index in [1.54, 1.807) is 18.2 Å². The van der Waals surface area contributed by atoms with E-state index in [-0.39, 0.29) is 12.2 Å². The predicted molar refractivity (Wildman–Crippen MR) is 99.6 cm³/mol. The number of nitrogens with one attached hydrogen (secondary N) is 2. The molecule has 2 amide bonds. The van der Waals surface area contributed by atoms with E-state index in [9.17, 15) is 19.1 Å². The van der Waals surface area contributed by atoms with Gasteiger partial charge in [0, 0.05) is 14.6 Å². The third-order valence-electron chi connectivity index (χ3n) is 3.52. The highest BCUT2D eigenvalue weighted by molar-refractivity contribution is 7.12. The number of para-hydroxylation sites is 1. The second-order valence-corrected chi connectivity index (χ2v) is 7.52. The lowest BCUT2D eigenvalue weighted by molar-refractivity contribution is -0.136. The van der Waals surface area contributed by atoms with Crippen LogP contribution in [0.5, 0.6) is 0 Å². The maximum atomic E-state index is 13.5. The molecule has 0 radical (unpaired) electrons. The Hall–Kier alpha value is -2.55. The zero-order valence-electron chi connectivity index (χ0n) is 13.4. The van der Waals surface area contributed by atoms with Gasteiger partial charge in [0.25, 0.3) is 0 Å². The maximum absolute atomic E-state index is 13.5. The van der Waals surface area contributed by atoms with Crippen LogP contribution in [0.2, 0.25) is 0 Å². The van der Waals surface area contributed by atoms with Gasteiger partial charge in [0.05, 0.1) is 12.2 Å². The molecule has 0 fully saturated rings. The molecule has 8 heteroatoms. The van der Waals surface area contributed by atoms with Gasteiger partial charge in [-0.3, -0.25) is 9.59 Å². The summed E-state index contributed by atoms with van der Waals surface area (Å²) >= 11 is 2.81. The van der Waals surface area contributed by atoms with Crippen molar-refractivity contribution < 1.29 is 19.1 Å². The smallest absolute Gasteiger partial charge is 0.313 e. The van der Waals surface area contributed by atoms with Crippen LogP contribution in [-0.2, 0) is 16.1 Å². The van der Waals surface area contributed by atoms with Crippen molar-refractivity contribution in [1.29, 1.82) is 0 Å². The Kier molecular flexibility index (Phi) is 5.77. The van der Waals surface area contributed by atoms with E-state index in [1.165, 1.54) is 40.9 Å². The van der Waals surface area contributed by atoms with Crippen molar-refractivity contribution in [1.82, 2.24) is 5.32 Å². The number of carbonyl (C=O) groups excluding carboxylic acids is 2. The first-order valence-electron chi connectivity index (χ1n) is 7.68. The van der Waals surface area contributed by atoms with Crippen LogP contribution in [0.1, 0.15) is 20.7 Å². The summed E-state index contributed by atoms with van der Waals surface area (Å²) in [5.41, 5.74) is -0.0508. The Bertz CT molecular complexity index is 909. The molecule has 0 saturated carbocycles. The molecular weight excluding hydrogens is 375 g/mol. The summed E-state index contributed by atoms with van der Waals surface area (Å²) in [6.45, 7) is 0.144. The molecular formula is C18H15FN2O3S2. The predicted octanol–water partition coefficient (Wildman–Crippen LogP) is 3.29. The molecule has 0 aliphatic rings. The van der Waals surface area contributed by atoms with Crippen molar-refractivity contribution in [2.75, 3.05) is 5.32 Å². The number of thiophene rings is 2. The molecule has 3 N–H and O–H groups in total. The number of anilines is 1. The van der Waals surface area contributed by atoms with Crippen molar-refractivity contribution in [2.45, 2.75) is 12.6 Å². The molecule has 2 heterocycles. The normalized spacial score (nSPS) is 11.8. The van der Waals surface area contributed by atoms with Crippen LogP contribution < -0.4 is 10.6 Å². The molecule has 1 aromatic carbocycles. The van der Waals surface area contributed by atoms with Gasteiger partial charge in [-0.25, -0.2) is 4.39 Å². The summed E-state index contributed by atoms with van der Waals surface area (Å²) < 4.78 is 13.5. The van der Waals surface area contributed by atoms with Gasteiger partial charge in [0.1, 0.15) is 11.9 Å². The Morgan fingerprint density at radius 2 is 1.85 bits per heavy atom. The van der Waals surface area contributed by atoms with Crippen LogP contribution in [0.4, 0.5) is 10.1 Å². The molecule has 1 unspecified atom stereocenters. The van der Waals surface area contributed by atoms with Gasteiger partial charge in [-0.05, 0) is 35.7 Å². The Balaban J connectivity index is 1.55. The summed E-state index contributed by atoms with van der Waals surface area (Å²) in [5.74, 6) is -2.41. The maximum Gasteiger partial charge on any atom is 0.313 e. The minimum atomic E-state index is -0.939. The van der Waals surface area contributed by atoms with E-state index >= 15 is 0 Å². The lowest BCUT2D eigenvalue weighted by atomic mass is 10.2. The summed E-state index contributed by atoms with van der Waals surface area (Å²) in [7, 11) is 0. The second-order valence-electron chi connectivity index (χ2n) is 5.34. The Morgan fingerprint density at radius 1 is 1.04 bits per heavy atom. The fourth-order valence-electron chi connectivity index (χ4n) is 2.21. The van der Waals surface area contributed by atoms with Crippen LogP contribution in [0, 0.1) is 5.82 Å². The molecule has 3 rings (SSSR count). The molecule has 26 heavy (non-hydrogen) atoms. The molecule has 0 saturated heterocycles. The quantitative estimate of drug-likeness (QED) is 0.585. The third kappa shape index (κ3) is 4.34. The molecule has 0 aliphatic carbocycles. The third-order valence-corrected chi connectivity index (χ3v) is 5.58. The molecule has 2 aromatic heterocycles. The van der Waals surface area contributed by atoms with E-state index in [0.29, 0.717) is 0 Å². The van der Waals surface area contributed by atoms with E-state index in [1.807, 2.05) is 17.5 Å². The van der Waals surface area contributed by atoms with Crippen molar-refractivity contribution in [3.05, 3.63) is 74.4 Å². The number of hydrogen-bond donors (Lipinski definition) is 3. The summed E-state index contributed by atoms with van der Waals surface area (Å²) in [6, 6.07) is 12.9. The summed E-state index contributed by atoms with van der Waals surface area (Å²) in [5, 5.41) is 16.9. The standard InChI is InChI=1S/C18H15FN2O3S2/c19-12-4-1-2-5-13(12)21-18(24)17(23)20-10-11-7-8-15(26-11)16(22)14-6-3-9-25-14/h1-9,16,22H,10H2,(H,20,23)(H,21,24). The van der Waals surface area contributed by atoms with Gasteiger partial charge in [-0.15, -0.1) is 22.7 Å². The van der Waals surface area contributed by atoms with Gasteiger partial charge < -0.3 is 15.7 Å². The highest BCUT2D eigenvalue weighted by Gasteiger charge is 2.17. The molecule has 0 bridgehead atoms. The van der Waals surface area contributed by atoms with Gasteiger partial charge in [0.15, 0.2) is 0 Å². The second kappa shape index (κ2) is 8.22. The van der Waals surface area contributed by atoms with Gasteiger partial charge >= 0.3 is 11.8 Å². The van der Waals surface area contributed by atoms with E-state index in [0.717, 1.165) is 14.6 Å². The number of aliphatic hydroxyl groups is 1. The number of aliphatic hydroxyl groups excluding tert-OH is 1. The van der Waals surface area contributed by atoms with E-state index < -0.39 is 23.7 Å². The van der Waals surface area contributed by atoms with Gasteiger partial charge in [0.2, 0.25) is 0 Å². The van der Waals surface area contributed by atoms with Crippen LogP contribution in [0.3, 0.4) is 0 Å². The van der Waals surface area contributed by atoms with Crippen molar-refractivity contribution >= 4 is 40.2 Å². The van der Waals surface area contributed by atoms with Crippen LogP contribution in [0.15, 0.2) is 53.9 Å². The number of hydrogen-bond acceptors (Lipinski definition) is 5. The highest BCUT2D eigenvalue weighted by atomic mass is 32.1. The van der Waals surface area contributed by atoms with E-state index in [4.69, 9.17) is 0 Å². The first-order chi connectivity index (χ1) is 12.5. The number of benzene rings is 1. The van der Waals surface area contributed by atoms with Crippen molar-refractivity contribution in [2.24, 2.45) is 0 Å². The molecule has 5 nitrogen and oxygen atoms in total.